The first-order chi connectivity index (χ1) is 14.4. The van der Waals surface area contributed by atoms with Crippen molar-refractivity contribution in [2.75, 3.05) is 13.1 Å². The molecular weight excluding hydrogens is 398 g/mol. The molecule has 4 rings (SSSR count). The molecule has 0 unspecified atom stereocenters. The molecule has 10 heteroatoms. The van der Waals surface area contributed by atoms with E-state index in [-0.39, 0.29) is 17.2 Å². The van der Waals surface area contributed by atoms with Crippen LogP contribution in [0.15, 0.2) is 47.0 Å². The third-order valence-electron chi connectivity index (χ3n) is 5.00. The molecule has 0 spiro atoms. The van der Waals surface area contributed by atoms with Crippen molar-refractivity contribution in [3.63, 3.8) is 0 Å². The Bertz CT molecular complexity index is 1100. The van der Waals surface area contributed by atoms with Crippen LogP contribution < -0.4 is 0 Å². The minimum atomic E-state index is -1.07. The average Bonchev–Trinajstić information content (AvgIpc) is 3.26. The number of nitro benzene ring substituents is 1. The van der Waals surface area contributed by atoms with Gasteiger partial charge in [-0.15, -0.1) is 0 Å². The summed E-state index contributed by atoms with van der Waals surface area (Å²) in [5.41, 5.74) is 0.605. The number of rotatable bonds is 4. The number of non-ortho nitro benzene ring substituents is 1. The van der Waals surface area contributed by atoms with Gasteiger partial charge < -0.3 is 9.42 Å². The number of halogens is 2. The highest BCUT2D eigenvalue weighted by atomic mass is 19.2. The Labute approximate surface area is 169 Å². The molecule has 154 valence electrons. The molecule has 1 amide bonds. The molecule has 1 atom stereocenters. The molecule has 8 nitrogen and oxygen atoms in total. The highest BCUT2D eigenvalue weighted by molar-refractivity contribution is 5.94. The number of nitrogens with zero attached hydrogens (tertiary/aromatic N) is 4. The molecule has 0 N–H and O–H groups in total. The zero-order chi connectivity index (χ0) is 21.3. The summed E-state index contributed by atoms with van der Waals surface area (Å²) in [5, 5.41) is 14.7. The van der Waals surface area contributed by atoms with E-state index in [0.717, 1.165) is 18.6 Å². The number of aromatic nitrogens is 2. The number of hydrogen-bond donors (Lipinski definition) is 0. The quantitative estimate of drug-likeness (QED) is 0.473. The van der Waals surface area contributed by atoms with Crippen molar-refractivity contribution in [2.45, 2.75) is 18.8 Å². The lowest BCUT2D eigenvalue weighted by atomic mass is 9.97. The lowest BCUT2D eigenvalue weighted by Crippen LogP contribution is -2.39. The molecule has 3 aromatic rings. The van der Waals surface area contributed by atoms with Gasteiger partial charge in [0.1, 0.15) is 0 Å². The maximum atomic E-state index is 13.5. The molecular formula is C20H16F2N4O4. The largest absolute Gasteiger partial charge is 0.339 e. The molecule has 1 saturated heterocycles. The molecule has 0 bridgehead atoms. The molecule has 1 aliphatic rings. The Hall–Kier alpha value is -3.69. The fourth-order valence-corrected chi connectivity index (χ4v) is 3.43. The van der Waals surface area contributed by atoms with Crippen molar-refractivity contribution < 1.29 is 23.0 Å². The van der Waals surface area contributed by atoms with Gasteiger partial charge in [-0.1, -0.05) is 5.16 Å². The van der Waals surface area contributed by atoms with E-state index in [1.165, 1.54) is 30.3 Å². The van der Waals surface area contributed by atoms with Crippen LogP contribution in [-0.2, 0) is 0 Å². The van der Waals surface area contributed by atoms with Gasteiger partial charge in [-0.05, 0) is 43.2 Å². The minimum absolute atomic E-state index is 0.0406. The first-order valence-corrected chi connectivity index (χ1v) is 9.25. The zero-order valence-electron chi connectivity index (χ0n) is 15.6. The van der Waals surface area contributed by atoms with Crippen LogP contribution in [0.4, 0.5) is 14.5 Å². The van der Waals surface area contributed by atoms with Crippen LogP contribution in [0, 0.1) is 21.7 Å². The summed E-state index contributed by atoms with van der Waals surface area (Å²) in [4.78, 5) is 28.9. The Kier molecular flexibility index (Phi) is 5.21. The van der Waals surface area contributed by atoms with Gasteiger partial charge in [-0.2, -0.15) is 4.98 Å². The van der Waals surface area contributed by atoms with E-state index < -0.39 is 22.5 Å². The van der Waals surface area contributed by atoms with E-state index in [2.05, 4.69) is 10.1 Å². The van der Waals surface area contributed by atoms with Gasteiger partial charge in [0.15, 0.2) is 11.6 Å². The van der Waals surface area contributed by atoms with Crippen molar-refractivity contribution in [3.05, 3.63) is 75.7 Å². The summed E-state index contributed by atoms with van der Waals surface area (Å²) < 4.78 is 32.0. The standard InChI is InChI=1S/C20H16F2N4O4/c21-16-8-5-13(10-17(16)22)20(27)25-9-1-2-14(11-25)19-23-18(24-30-19)12-3-6-15(7-4-12)26(28)29/h3-8,10,14H,1-2,9,11H2/t14-/m0/s1. The average molecular weight is 414 g/mol. The smallest absolute Gasteiger partial charge is 0.269 e. The third-order valence-corrected chi connectivity index (χ3v) is 5.00. The fraction of sp³-hybridized carbons (Fsp3) is 0.250. The minimum Gasteiger partial charge on any atom is -0.339 e. The van der Waals surface area contributed by atoms with E-state index >= 15 is 0 Å². The van der Waals surface area contributed by atoms with Crippen LogP contribution in [0.2, 0.25) is 0 Å². The normalized spacial score (nSPS) is 16.5. The van der Waals surface area contributed by atoms with Crippen LogP contribution in [0.1, 0.15) is 35.0 Å². The van der Waals surface area contributed by atoms with Crippen molar-refractivity contribution in [2.24, 2.45) is 0 Å². The number of nitro groups is 1. The monoisotopic (exact) mass is 414 g/mol. The Morgan fingerprint density at radius 2 is 1.93 bits per heavy atom. The van der Waals surface area contributed by atoms with E-state index in [9.17, 15) is 23.7 Å². The Morgan fingerprint density at radius 1 is 1.17 bits per heavy atom. The fourth-order valence-electron chi connectivity index (χ4n) is 3.43. The first kappa shape index (κ1) is 19.6. The highest BCUT2D eigenvalue weighted by Crippen LogP contribution is 2.29. The maximum absolute atomic E-state index is 13.5. The van der Waals surface area contributed by atoms with Crippen molar-refractivity contribution in [3.8, 4) is 11.4 Å². The van der Waals surface area contributed by atoms with Gasteiger partial charge in [-0.25, -0.2) is 8.78 Å². The van der Waals surface area contributed by atoms with Gasteiger partial charge >= 0.3 is 0 Å². The number of carbonyl (C=O) groups excluding carboxylic acids is 1. The predicted molar refractivity (Wildman–Crippen MR) is 101 cm³/mol. The second kappa shape index (κ2) is 7.97. The summed E-state index contributed by atoms with van der Waals surface area (Å²) in [6, 6.07) is 8.85. The van der Waals surface area contributed by atoms with E-state index in [0.29, 0.717) is 36.8 Å². The van der Waals surface area contributed by atoms with Gasteiger partial charge in [0.2, 0.25) is 11.7 Å². The molecule has 0 saturated carbocycles. The summed E-state index contributed by atoms with van der Waals surface area (Å²) in [7, 11) is 0. The van der Waals surface area contributed by atoms with Crippen LogP contribution >= 0.6 is 0 Å². The summed E-state index contributed by atoms with van der Waals surface area (Å²) in [6.45, 7) is 0.789. The van der Waals surface area contributed by atoms with Gasteiger partial charge in [0.25, 0.3) is 11.6 Å². The van der Waals surface area contributed by atoms with E-state index in [1.807, 2.05) is 0 Å². The number of hydrogen-bond acceptors (Lipinski definition) is 6. The van der Waals surface area contributed by atoms with Gasteiger partial charge in [0, 0.05) is 36.3 Å². The second-order valence-electron chi connectivity index (χ2n) is 6.98. The Morgan fingerprint density at radius 3 is 2.63 bits per heavy atom. The highest BCUT2D eigenvalue weighted by Gasteiger charge is 2.29. The maximum Gasteiger partial charge on any atom is 0.269 e. The van der Waals surface area contributed by atoms with Gasteiger partial charge in [0.05, 0.1) is 10.8 Å². The van der Waals surface area contributed by atoms with E-state index in [4.69, 9.17) is 4.52 Å². The molecule has 0 aliphatic carbocycles. The van der Waals surface area contributed by atoms with Crippen LogP contribution in [-0.4, -0.2) is 39.0 Å². The molecule has 2 aromatic carbocycles. The first-order valence-electron chi connectivity index (χ1n) is 9.25. The molecule has 2 heterocycles. The van der Waals surface area contributed by atoms with Crippen molar-refractivity contribution in [1.82, 2.24) is 15.0 Å². The van der Waals surface area contributed by atoms with Gasteiger partial charge in [-0.3, -0.25) is 14.9 Å². The molecule has 1 aromatic heterocycles. The summed E-state index contributed by atoms with van der Waals surface area (Å²) in [5.74, 6) is -2.03. The summed E-state index contributed by atoms with van der Waals surface area (Å²) >= 11 is 0. The Balaban J connectivity index is 1.49. The number of benzene rings is 2. The number of carbonyl (C=O) groups is 1. The molecule has 30 heavy (non-hydrogen) atoms. The van der Waals surface area contributed by atoms with Crippen LogP contribution in [0.5, 0.6) is 0 Å². The van der Waals surface area contributed by atoms with Crippen LogP contribution in [0.3, 0.4) is 0 Å². The lowest BCUT2D eigenvalue weighted by molar-refractivity contribution is -0.384. The molecule has 0 radical (unpaired) electrons. The van der Waals surface area contributed by atoms with Crippen molar-refractivity contribution >= 4 is 11.6 Å². The molecule has 1 aliphatic heterocycles. The predicted octanol–water partition coefficient (Wildman–Crippen LogP) is 3.94. The second-order valence-corrected chi connectivity index (χ2v) is 6.98. The summed E-state index contributed by atoms with van der Waals surface area (Å²) in [6.07, 6.45) is 1.42. The molecule has 1 fully saturated rings. The SMILES string of the molecule is O=C(c1ccc(F)c(F)c1)N1CCC[C@H](c2nc(-c3ccc([N+](=O)[O-])cc3)no2)C1. The number of amides is 1. The lowest BCUT2D eigenvalue weighted by Gasteiger charge is -2.31. The third kappa shape index (κ3) is 3.88. The zero-order valence-corrected chi connectivity index (χ0v) is 15.6. The van der Waals surface area contributed by atoms with Crippen molar-refractivity contribution in [1.29, 1.82) is 0 Å². The van der Waals surface area contributed by atoms with E-state index in [1.54, 1.807) is 4.90 Å². The topological polar surface area (TPSA) is 102 Å². The number of likely N-dealkylation sites (tertiary alicyclic amines) is 1. The number of piperidine rings is 1. The van der Waals surface area contributed by atoms with Crippen LogP contribution in [0.25, 0.3) is 11.4 Å².